The van der Waals surface area contributed by atoms with Crippen molar-refractivity contribution in [1.82, 2.24) is 14.9 Å². The fourth-order valence-electron chi connectivity index (χ4n) is 4.44. The molecule has 7 heteroatoms. The first-order valence-corrected chi connectivity index (χ1v) is 11.1. The Bertz CT molecular complexity index is 1050. The van der Waals surface area contributed by atoms with E-state index in [2.05, 4.69) is 14.9 Å². The average molecular weight is 440 g/mol. The first-order chi connectivity index (χ1) is 15.5. The molecule has 6 nitrogen and oxygen atoms in total. The summed E-state index contributed by atoms with van der Waals surface area (Å²) < 4.78 is 19.7. The number of benzene rings is 1. The molecular formula is C25H30FN3O3. The predicted octanol–water partition coefficient (Wildman–Crippen LogP) is 3.43. The second kappa shape index (κ2) is 9.90. The average Bonchev–Trinajstić information content (AvgIpc) is 2.83. The number of pyridine rings is 2. The Balaban J connectivity index is 1.35. The minimum atomic E-state index is -0.884. The molecule has 0 spiro atoms. The number of aliphatic hydroxyl groups is 2. The molecule has 0 saturated carbocycles. The van der Waals surface area contributed by atoms with Crippen molar-refractivity contribution in [3.8, 4) is 5.88 Å². The van der Waals surface area contributed by atoms with Crippen molar-refractivity contribution in [2.75, 3.05) is 26.7 Å². The SMILES string of the molecule is COc1ccc2ncc(F)c(CCN3CCC(C(O)C(O)c4ccc(C)cc4)CC3)c2n1. The van der Waals surface area contributed by atoms with Crippen LogP contribution in [-0.2, 0) is 6.42 Å². The summed E-state index contributed by atoms with van der Waals surface area (Å²) in [6.45, 7) is 4.28. The molecule has 1 fully saturated rings. The summed E-state index contributed by atoms with van der Waals surface area (Å²) in [7, 11) is 1.54. The van der Waals surface area contributed by atoms with Gasteiger partial charge in [0.05, 0.1) is 30.4 Å². The van der Waals surface area contributed by atoms with Crippen molar-refractivity contribution in [3.05, 3.63) is 65.1 Å². The Labute approximate surface area is 187 Å². The number of hydrogen-bond donors (Lipinski definition) is 2. The highest BCUT2D eigenvalue weighted by Gasteiger charge is 2.30. The molecule has 2 N–H and O–H groups in total. The van der Waals surface area contributed by atoms with Gasteiger partial charge in [-0.05, 0) is 56.8 Å². The lowest BCUT2D eigenvalue weighted by molar-refractivity contribution is -0.0360. The zero-order valence-electron chi connectivity index (χ0n) is 18.5. The van der Waals surface area contributed by atoms with Crippen LogP contribution in [0.3, 0.4) is 0 Å². The van der Waals surface area contributed by atoms with Crippen LogP contribution in [0.15, 0.2) is 42.6 Å². The van der Waals surface area contributed by atoms with E-state index in [0.717, 1.165) is 37.1 Å². The number of rotatable bonds is 7. The maximum atomic E-state index is 14.5. The number of methoxy groups -OCH3 is 1. The Morgan fingerprint density at radius 2 is 1.84 bits per heavy atom. The lowest BCUT2D eigenvalue weighted by Gasteiger charge is -2.35. The first-order valence-electron chi connectivity index (χ1n) is 11.1. The predicted molar refractivity (Wildman–Crippen MR) is 121 cm³/mol. The Kier molecular flexibility index (Phi) is 6.98. The summed E-state index contributed by atoms with van der Waals surface area (Å²) in [4.78, 5) is 10.8. The molecular weight excluding hydrogens is 409 g/mol. The molecule has 0 amide bonds. The summed E-state index contributed by atoms with van der Waals surface area (Å²) in [5.41, 5.74) is 3.60. The van der Waals surface area contributed by atoms with Gasteiger partial charge in [-0.3, -0.25) is 4.98 Å². The van der Waals surface area contributed by atoms with E-state index in [0.29, 0.717) is 35.4 Å². The minimum Gasteiger partial charge on any atom is -0.481 e. The van der Waals surface area contributed by atoms with Crippen molar-refractivity contribution in [2.45, 2.75) is 38.4 Å². The Hall–Kier alpha value is -2.61. The number of fused-ring (bicyclic) bond motifs is 1. The topological polar surface area (TPSA) is 78.7 Å². The molecule has 1 saturated heterocycles. The maximum Gasteiger partial charge on any atom is 0.213 e. The number of halogens is 1. The van der Waals surface area contributed by atoms with Gasteiger partial charge in [-0.1, -0.05) is 29.8 Å². The zero-order chi connectivity index (χ0) is 22.7. The van der Waals surface area contributed by atoms with Crippen LogP contribution in [0.1, 0.15) is 35.6 Å². The van der Waals surface area contributed by atoms with Crippen LogP contribution in [0.5, 0.6) is 5.88 Å². The van der Waals surface area contributed by atoms with E-state index in [-0.39, 0.29) is 11.7 Å². The molecule has 3 heterocycles. The summed E-state index contributed by atoms with van der Waals surface area (Å²) in [5.74, 6) is 0.116. The minimum absolute atomic E-state index is 0.0342. The lowest BCUT2D eigenvalue weighted by Crippen LogP contribution is -2.40. The van der Waals surface area contributed by atoms with Crippen LogP contribution in [0.4, 0.5) is 4.39 Å². The number of aromatic nitrogens is 2. The van der Waals surface area contributed by atoms with Gasteiger partial charge < -0.3 is 19.8 Å². The molecule has 170 valence electrons. The number of piperidine rings is 1. The summed E-state index contributed by atoms with van der Waals surface area (Å²) >= 11 is 0. The van der Waals surface area contributed by atoms with Crippen molar-refractivity contribution in [1.29, 1.82) is 0 Å². The van der Waals surface area contributed by atoms with Crippen molar-refractivity contribution in [3.63, 3.8) is 0 Å². The monoisotopic (exact) mass is 439 g/mol. The van der Waals surface area contributed by atoms with Crippen molar-refractivity contribution < 1.29 is 19.3 Å². The van der Waals surface area contributed by atoms with Gasteiger partial charge in [-0.25, -0.2) is 9.37 Å². The maximum absolute atomic E-state index is 14.5. The molecule has 1 aliphatic rings. The van der Waals surface area contributed by atoms with Crippen LogP contribution in [-0.4, -0.2) is 57.9 Å². The highest BCUT2D eigenvalue weighted by molar-refractivity contribution is 5.78. The second-order valence-corrected chi connectivity index (χ2v) is 8.58. The van der Waals surface area contributed by atoms with Gasteiger partial charge in [0, 0.05) is 18.2 Å². The van der Waals surface area contributed by atoms with Gasteiger partial charge >= 0.3 is 0 Å². The molecule has 3 aromatic rings. The van der Waals surface area contributed by atoms with E-state index in [1.807, 2.05) is 31.2 Å². The molecule has 1 aliphatic heterocycles. The number of ether oxygens (including phenoxy) is 1. The van der Waals surface area contributed by atoms with Gasteiger partial charge in [0.15, 0.2) is 0 Å². The highest BCUT2D eigenvalue weighted by Crippen LogP contribution is 2.29. The number of likely N-dealkylation sites (tertiary alicyclic amines) is 1. The highest BCUT2D eigenvalue weighted by atomic mass is 19.1. The summed E-state index contributed by atoms with van der Waals surface area (Å²) in [5, 5.41) is 21.3. The fraction of sp³-hybridized carbons (Fsp3) is 0.440. The molecule has 1 aromatic carbocycles. The molecule has 2 aromatic heterocycles. The van der Waals surface area contributed by atoms with Gasteiger partial charge in [0.25, 0.3) is 0 Å². The third-order valence-corrected chi connectivity index (χ3v) is 6.48. The number of hydrogen-bond acceptors (Lipinski definition) is 6. The molecule has 2 unspecified atom stereocenters. The van der Waals surface area contributed by atoms with Gasteiger partial charge in [-0.2, -0.15) is 0 Å². The van der Waals surface area contributed by atoms with Gasteiger partial charge in [0.1, 0.15) is 11.9 Å². The van der Waals surface area contributed by atoms with Crippen LogP contribution in [0.25, 0.3) is 11.0 Å². The quantitative estimate of drug-likeness (QED) is 0.587. The van der Waals surface area contributed by atoms with E-state index >= 15 is 0 Å². The fourth-order valence-corrected chi connectivity index (χ4v) is 4.44. The van der Waals surface area contributed by atoms with Crippen LogP contribution >= 0.6 is 0 Å². The number of nitrogens with zero attached hydrogens (tertiary/aromatic N) is 3. The molecule has 0 radical (unpaired) electrons. The zero-order valence-corrected chi connectivity index (χ0v) is 18.5. The van der Waals surface area contributed by atoms with E-state index in [9.17, 15) is 14.6 Å². The molecule has 32 heavy (non-hydrogen) atoms. The van der Waals surface area contributed by atoms with E-state index in [4.69, 9.17) is 4.74 Å². The second-order valence-electron chi connectivity index (χ2n) is 8.58. The largest absolute Gasteiger partial charge is 0.481 e. The van der Waals surface area contributed by atoms with Crippen molar-refractivity contribution >= 4 is 11.0 Å². The van der Waals surface area contributed by atoms with Crippen molar-refractivity contribution in [2.24, 2.45) is 5.92 Å². The Morgan fingerprint density at radius 3 is 2.53 bits per heavy atom. The van der Waals surface area contributed by atoms with E-state index in [1.54, 1.807) is 12.1 Å². The molecule has 0 aliphatic carbocycles. The number of aliphatic hydroxyl groups excluding tert-OH is 2. The molecule has 4 rings (SSSR count). The smallest absolute Gasteiger partial charge is 0.213 e. The third-order valence-electron chi connectivity index (χ3n) is 6.48. The van der Waals surface area contributed by atoms with Crippen LogP contribution in [0.2, 0.25) is 0 Å². The van der Waals surface area contributed by atoms with Gasteiger partial charge in [-0.15, -0.1) is 0 Å². The summed E-state index contributed by atoms with van der Waals surface area (Å²) in [6.07, 6.45) is 1.67. The normalized spacial score (nSPS) is 17.4. The molecule has 0 bridgehead atoms. The number of aryl methyl sites for hydroxylation is 1. The first kappa shape index (κ1) is 22.6. The standard InChI is InChI=1S/C25H30FN3O3/c1-16-3-5-17(6-4-16)24(30)25(31)18-9-12-29(13-10-18)14-11-19-20(26)15-27-21-7-8-22(32-2)28-23(19)21/h3-8,15,18,24-25,30-31H,9-14H2,1-2H3. The lowest BCUT2D eigenvalue weighted by atomic mass is 9.86. The van der Waals surface area contributed by atoms with Gasteiger partial charge in [0.2, 0.25) is 5.88 Å². The third kappa shape index (κ3) is 4.90. The summed E-state index contributed by atoms with van der Waals surface area (Å²) in [6, 6.07) is 11.1. The van der Waals surface area contributed by atoms with E-state index in [1.165, 1.54) is 13.3 Å². The van der Waals surface area contributed by atoms with E-state index < -0.39 is 12.2 Å². The Morgan fingerprint density at radius 1 is 1.12 bits per heavy atom. The van der Waals surface area contributed by atoms with Crippen LogP contribution in [0, 0.1) is 18.7 Å². The molecule has 2 atom stereocenters. The van der Waals surface area contributed by atoms with Crippen LogP contribution < -0.4 is 4.74 Å².